The van der Waals surface area contributed by atoms with Gasteiger partial charge in [-0.3, -0.25) is 0 Å². The van der Waals surface area contributed by atoms with Crippen molar-refractivity contribution in [1.82, 2.24) is 20.1 Å². The first kappa shape index (κ1) is 13.5. The summed E-state index contributed by atoms with van der Waals surface area (Å²) in [5, 5.41) is 6.52. The number of nitrogens with one attached hydrogen (secondary N) is 1. The lowest BCUT2D eigenvalue weighted by Crippen LogP contribution is -2.43. The van der Waals surface area contributed by atoms with Crippen molar-refractivity contribution in [3.05, 3.63) is 48.1 Å². The predicted molar refractivity (Wildman–Crippen MR) is 67.1 cm³/mol. The quantitative estimate of drug-likeness (QED) is 0.933. The molecule has 110 valence electrons. The molecule has 0 unspecified atom stereocenters. The summed E-state index contributed by atoms with van der Waals surface area (Å²) in [5.74, 6) is -1.48. The zero-order chi connectivity index (χ0) is 15.0. The zero-order valence-electron chi connectivity index (χ0n) is 11.1. The number of aromatic nitrogens is 3. The molecule has 0 saturated carbocycles. The molecule has 1 amide bonds. The van der Waals surface area contributed by atoms with Crippen molar-refractivity contribution in [3.8, 4) is 0 Å². The van der Waals surface area contributed by atoms with Crippen molar-refractivity contribution in [2.24, 2.45) is 0 Å². The van der Waals surface area contributed by atoms with Crippen molar-refractivity contribution in [1.29, 1.82) is 0 Å². The Hall–Kier alpha value is -2.51. The van der Waals surface area contributed by atoms with Gasteiger partial charge in [-0.25, -0.2) is 23.2 Å². The molecule has 1 fully saturated rings. The molecule has 21 heavy (non-hydrogen) atoms. The van der Waals surface area contributed by atoms with E-state index in [2.05, 4.69) is 15.4 Å². The second-order valence-electron chi connectivity index (χ2n) is 4.86. The number of nitrogens with zero attached hydrogens (tertiary/aromatic N) is 3. The number of hydrogen-bond acceptors (Lipinski definition) is 4. The maximum atomic E-state index is 14.2. The van der Waals surface area contributed by atoms with Crippen LogP contribution < -0.4 is 5.32 Å². The highest BCUT2D eigenvalue weighted by atomic mass is 19.1. The standard InChI is InChI=1S/C13H12F2N4O2/c1-8-13(21-12(20)18-8,5-19-7-16-6-17-19)10-3-2-9(14)4-11(10)15/h2-4,6-8H,5H2,1H3,(H,18,20)/t8-,13+/m1/s1. The van der Waals surface area contributed by atoms with Gasteiger partial charge in [-0.2, -0.15) is 5.10 Å². The van der Waals surface area contributed by atoms with E-state index in [1.165, 1.54) is 23.4 Å². The number of benzene rings is 1. The molecule has 8 heteroatoms. The Morgan fingerprint density at radius 1 is 1.48 bits per heavy atom. The number of amides is 1. The lowest BCUT2D eigenvalue weighted by atomic mass is 9.87. The maximum Gasteiger partial charge on any atom is 0.408 e. The van der Waals surface area contributed by atoms with Gasteiger partial charge in [-0.15, -0.1) is 0 Å². The summed E-state index contributed by atoms with van der Waals surface area (Å²) < 4.78 is 34.1. The number of alkyl carbamates (subject to hydrolysis) is 1. The first-order valence-corrected chi connectivity index (χ1v) is 6.29. The number of hydrogen-bond donors (Lipinski definition) is 1. The third-order valence-corrected chi connectivity index (χ3v) is 3.56. The van der Waals surface area contributed by atoms with E-state index in [0.29, 0.717) is 0 Å². The molecule has 0 radical (unpaired) electrons. The Morgan fingerprint density at radius 3 is 2.86 bits per heavy atom. The van der Waals surface area contributed by atoms with E-state index < -0.39 is 29.4 Å². The van der Waals surface area contributed by atoms with Crippen LogP contribution in [0.4, 0.5) is 13.6 Å². The Morgan fingerprint density at radius 2 is 2.29 bits per heavy atom. The minimum Gasteiger partial charge on any atom is -0.434 e. The summed E-state index contributed by atoms with van der Waals surface area (Å²) in [6.45, 7) is 1.75. The summed E-state index contributed by atoms with van der Waals surface area (Å²) in [6.07, 6.45) is 2.09. The topological polar surface area (TPSA) is 69.0 Å². The van der Waals surface area contributed by atoms with Crippen LogP contribution in [0.2, 0.25) is 0 Å². The van der Waals surface area contributed by atoms with Crippen molar-refractivity contribution in [2.75, 3.05) is 0 Å². The number of rotatable bonds is 3. The van der Waals surface area contributed by atoms with Gasteiger partial charge >= 0.3 is 6.09 Å². The van der Waals surface area contributed by atoms with Crippen LogP contribution in [0, 0.1) is 11.6 Å². The van der Waals surface area contributed by atoms with E-state index in [4.69, 9.17) is 4.74 Å². The molecule has 1 aromatic carbocycles. The first-order chi connectivity index (χ1) is 10.0. The maximum absolute atomic E-state index is 14.2. The molecule has 0 bridgehead atoms. The van der Waals surface area contributed by atoms with Crippen LogP contribution in [0.1, 0.15) is 12.5 Å². The van der Waals surface area contributed by atoms with Crippen LogP contribution in [0.5, 0.6) is 0 Å². The minimum atomic E-state index is -1.32. The molecule has 1 aliphatic heterocycles. The molecule has 0 spiro atoms. The Labute approximate surface area is 118 Å². The number of halogens is 2. The molecule has 1 aliphatic rings. The molecule has 1 saturated heterocycles. The third-order valence-electron chi connectivity index (χ3n) is 3.56. The lowest BCUT2D eigenvalue weighted by molar-refractivity contribution is 0.0146. The van der Waals surface area contributed by atoms with Gasteiger partial charge in [0.05, 0.1) is 12.6 Å². The zero-order valence-corrected chi connectivity index (χ0v) is 11.1. The van der Waals surface area contributed by atoms with Crippen molar-refractivity contribution < 1.29 is 18.3 Å². The highest BCUT2D eigenvalue weighted by Gasteiger charge is 2.50. The minimum absolute atomic E-state index is 0.0649. The van der Waals surface area contributed by atoms with Crippen molar-refractivity contribution in [3.63, 3.8) is 0 Å². The number of cyclic esters (lactones) is 1. The van der Waals surface area contributed by atoms with Crippen LogP contribution in [0.3, 0.4) is 0 Å². The Balaban J connectivity index is 2.10. The predicted octanol–water partition coefficient (Wildman–Crippen LogP) is 1.58. The molecule has 1 aromatic heterocycles. The first-order valence-electron chi connectivity index (χ1n) is 6.29. The second-order valence-corrected chi connectivity index (χ2v) is 4.86. The van der Waals surface area contributed by atoms with E-state index in [1.807, 2.05) is 0 Å². The molecular formula is C13H12F2N4O2. The highest BCUT2D eigenvalue weighted by Crippen LogP contribution is 2.37. The summed E-state index contributed by atoms with van der Waals surface area (Å²) in [7, 11) is 0. The van der Waals surface area contributed by atoms with Gasteiger partial charge in [-0.05, 0) is 19.1 Å². The number of carbonyl (C=O) groups excluding carboxylic acids is 1. The van der Waals surface area contributed by atoms with Crippen LogP contribution in [-0.4, -0.2) is 26.9 Å². The van der Waals surface area contributed by atoms with Gasteiger partial charge in [0.1, 0.15) is 24.3 Å². The van der Waals surface area contributed by atoms with E-state index in [9.17, 15) is 13.6 Å². The van der Waals surface area contributed by atoms with E-state index in [-0.39, 0.29) is 12.1 Å². The van der Waals surface area contributed by atoms with Crippen LogP contribution in [-0.2, 0) is 16.9 Å². The fourth-order valence-electron chi connectivity index (χ4n) is 2.51. The Bertz CT molecular complexity index is 677. The summed E-state index contributed by atoms with van der Waals surface area (Å²) >= 11 is 0. The molecule has 2 heterocycles. The van der Waals surface area contributed by atoms with Gasteiger partial charge in [0.25, 0.3) is 0 Å². The molecule has 2 atom stereocenters. The molecule has 2 aromatic rings. The van der Waals surface area contributed by atoms with E-state index in [0.717, 1.165) is 12.1 Å². The van der Waals surface area contributed by atoms with Gasteiger partial charge in [-0.1, -0.05) is 0 Å². The Kier molecular flexibility index (Phi) is 3.08. The number of carbonyl (C=O) groups is 1. The normalized spacial score (nSPS) is 24.7. The molecule has 0 aliphatic carbocycles. The fraction of sp³-hybridized carbons (Fsp3) is 0.308. The molecule has 6 nitrogen and oxygen atoms in total. The smallest absolute Gasteiger partial charge is 0.408 e. The SMILES string of the molecule is C[C@H]1NC(=O)O[C@]1(Cn1cncn1)c1ccc(F)cc1F. The third kappa shape index (κ3) is 2.22. The van der Waals surface area contributed by atoms with Crippen molar-refractivity contribution in [2.45, 2.75) is 25.1 Å². The summed E-state index contributed by atoms with van der Waals surface area (Å²) in [4.78, 5) is 15.4. The summed E-state index contributed by atoms with van der Waals surface area (Å²) in [6, 6.07) is 2.64. The lowest BCUT2D eigenvalue weighted by Gasteiger charge is -2.31. The average molecular weight is 294 g/mol. The van der Waals surface area contributed by atoms with E-state index in [1.54, 1.807) is 6.92 Å². The molecular weight excluding hydrogens is 282 g/mol. The van der Waals surface area contributed by atoms with Crippen LogP contribution in [0.15, 0.2) is 30.9 Å². The second kappa shape index (κ2) is 4.80. The highest BCUT2D eigenvalue weighted by molar-refractivity contribution is 5.71. The summed E-state index contributed by atoms with van der Waals surface area (Å²) in [5.41, 5.74) is -1.23. The van der Waals surface area contributed by atoms with Gasteiger partial charge < -0.3 is 10.1 Å². The number of ether oxygens (including phenoxy) is 1. The monoisotopic (exact) mass is 294 g/mol. The molecule has 1 N–H and O–H groups in total. The fourth-order valence-corrected chi connectivity index (χ4v) is 2.51. The van der Waals surface area contributed by atoms with Crippen molar-refractivity contribution >= 4 is 6.09 Å². The van der Waals surface area contributed by atoms with Gasteiger partial charge in [0, 0.05) is 11.6 Å². The van der Waals surface area contributed by atoms with Crippen LogP contribution in [0.25, 0.3) is 0 Å². The van der Waals surface area contributed by atoms with Crippen LogP contribution >= 0.6 is 0 Å². The van der Waals surface area contributed by atoms with E-state index >= 15 is 0 Å². The molecule has 3 rings (SSSR count). The largest absolute Gasteiger partial charge is 0.434 e. The van der Waals surface area contributed by atoms with Gasteiger partial charge in [0.15, 0.2) is 5.60 Å². The van der Waals surface area contributed by atoms with Gasteiger partial charge in [0.2, 0.25) is 0 Å². The average Bonchev–Trinajstić information content (AvgIpc) is 2.99.